The van der Waals surface area contributed by atoms with E-state index in [1.807, 2.05) is 46.8 Å². The summed E-state index contributed by atoms with van der Waals surface area (Å²) in [6.45, 7) is 13.9. The maximum Gasteiger partial charge on any atom is 0.330 e. The Morgan fingerprint density at radius 1 is 1.15 bits per heavy atom. The summed E-state index contributed by atoms with van der Waals surface area (Å²) in [5.74, 6) is -0.0318. The Morgan fingerprint density at radius 2 is 1.77 bits per heavy atom. The molecule has 0 unspecified atom stereocenters. The fourth-order valence-corrected chi connectivity index (χ4v) is 3.62. The Hall–Kier alpha value is -2.04. The van der Waals surface area contributed by atoms with Crippen LogP contribution >= 0.6 is 0 Å². The Balaban J connectivity index is 2.78. The molecule has 0 bridgehead atoms. The van der Waals surface area contributed by atoms with Crippen LogP contribution in [-0.2, 0) is 21.6 Å². The highest BCUT2D eigenvalue weighted by atomic mass is 16.5. The van der Waals surface area contributed by atoms with E-state index >= 15 is 0 Å². The lowest BCUT2D eigenvalue weighted by atomic mass is 9.92. The van der Waals surface area contributed by atoms with Crippen LogP contribution in [0, 0.1) is 0 Å². The third-order valence-corrected chi connectivity index (χ3v) is 4.73. The molecule has 0 N–H and O–H groups in total. The molecule has 0 aliphatic carbocycles. The highest BCUT2D eigenvalue weighted by molar-refractivity contribution is 5.82. The number of rotatable bonds is 6. The summed E-state index contributed by atoms with van der Waals surface area (Å²) < 4.78 is 8.68. The van der Waals surface area contributed by atoms with E-state index in [9.17, 15) is 9.59 Å². The molecule has 0 fully saturated rings. The molecule has 1 aromatic carbocycles. The number of imidazole rings is 1. The van der Waals surface area contributed by atoms with Gasteiger partial charge >= 0.3 is 11.7 Å². The van der Waals surface area contributed by atoms with E-state index in [2.05, 4.69) is 19.9 Å². The normalized spacial score (nSPS) is 12.3. The van der Waals surface area contributed by atoms with Crippen LogP contribution < -0.4 is 5.69 Å². The van der Waals surface area contributed by atoms with Crippen molar-refractivity contribution < 1.29 is 9.53 Å². The van der Waals surface area contributed by atoms with E-state index in [0.717, 1.165) is 29.4 Å². The van der Waals surface area contributed by atoms with Crippen molar-refractivity contribution in [2.45, 2.75) is 85.4 Å². The van der Waals surface area contributed by atoms with E-state index in [-0.39, 0.29) is 29.8 Å². The number of para-hydroxylation sites is 1. The van der Waals surface area contributed by atoms with Crippen molar-refractivity contribution in [2.24, 2.45) is 0 Å². The summed E-state index contributed by atoms with van der Waals surface area (Å²) in [7, 11) is 0. The van der Waals surface area contributed by atoms with Crippen molar-refractivity contribution in [3.8, 4) is 0 Å². The SMILES string of the molecule is CCC(CC)c1cccc2c1n(CC(=O)OC(C)C)c(=O)n2C(C)(C)C. The van der Waals surface area contributed by atoms with E-state index in [0.29, 0.717) is 5.92 Å². The Bertz CT molecular complexity index is 833. The van der Waals surface area contributed by atoms with Gasteiger partial charge in [-0.3, -0.25) is 13.9 Å². The fraction of sp³-hybridized carbons (Fsp3) is 0.619. The number of esters is 1. The van der Waals surface area contributed by atoms with Gasteiger partial charge in [0.2, 0.25) is 0 Å². The van der Waals surface area contributed by atoms with Crippen LogP contribution in [-0.4, -0.2) is 21.2 Å². The number of carbonyl (C=O) groups is 1. The molecule has 144 valence electrons. The average molecular weight is 360 g/mol. The van der Waals surface area contributed by atoms with Crippen LogP contribution in [0.1, 0.15) is 72.8 Å². The molecule has 0 aliphatic rings. The van der Waals surface area contributed by atoms with E-state index in [4.69, 9.17) is 4.74 Å². The van der Waals surface area contributed by atoms with Crippen molar-refractivity contribution in [1.29, 1.82) is 0 Å². The predicted molar refractivity (Wildman–Crippen MR) is 106 cm³/mol. The van der Waals surface area contributed by atoms with Gasteiger partial charge in [0, 0.05) is 5.54 Å². The smallest absolute Gasteiger partial charge is 0.330 e. The molecule has 0 saturated carbocycles. The maximum atomic E-state index is 13.2. The van der Waals surface area contributed by atoms with Gasteiger partial charge in [-0.2, -0.15) is 0 Å². The number of aromatic nitrogens is 2. The lowest BCUT2D eigenvalue weighted by Gasteiger charge is -2.21. The van der Waals surface area contributed by atoms with E-state index in [1.54, 1.807) is 9.13 Å². The monoisotopic (exact) mass is 360 g/mol. The van der Waals surface area contributed by atoms with Crippen LogP contribution in [0.5, 0.6) is 0 Å². The second-order valence-corrected chi connectivity index (χ2v) is 8.14. The summed E-state index contributed by atoms with van der Waals surface area (Å²) in [5, 5.41) is 0. The third kappa shape index (κ3) is 3.87. The molecule has 1 aromatic heterocycles. The number of carbonyl (C=O) groups excluding carboxylic acids is 1. The second kappa shape index (κ2) is 7.68. The summed E-state index contributed by atoms with van der Waals surface area (Å²) in [5.41, 5.74) is 2.33. The van der Waals surface area contributed by atoms with Crippen LogP contribution in [0.2, 0.25) is 0 Å². The quantitative estimate of drug-likeness (QED) is 0.717. The summed E-state index contributed by atoms with van der Waals surface area (Å²) in [6.07, 6.45) is 1.77. The van der Waals surface area contributed by atoms with E-state index < -0.39 is 0 Å². The first kappa shape index (κ1) is 20.3. The summed E-state index contributed by atoms with van der Waals surface area (Å²) >= 11 is 0. The van der Waals surface area contributed by atoms with Crippen LogP contribution in [0.15, 0.2) is 23.0 Å². The predicted octanol–water partition coefficient (Wildman–Crippen LogP) is 4.41. The first-order valence-corrected chi connectivity index (χ1v) is 9.55. The summed E-state index contributed by atoms with van der Waals surface area (Å²) in [6, 6.07) is 6.06. The fourth-order valence-electron chi connectivity index (χ4n) is 3.62. The zero-order valence-electron chi connectivity index (χ0n) is 17.1. The molecular weight excluding hydrogens is 328 g/mol. The van der Waals surface area contributed by atoms with Gasteiger partial charge in [-0.1, -0.05) is 26.0 Å². The third-order valence-electron chi connectivity index (χ3n) is 4.73. The zero-order valence-corrected chi connectivity index (χ0v) is 17.1. The number of benzene rings is 1. The van der Waals surface area contributed by atoms with Gasteiger partial charge in [-0.05, 0) is 65.0 Å². The molecular formula is C21H32N2O3. The van der Waals surface area contributed by atoms with Crippen LogP contribution in [0.4, 0.5) is 0 Å². The molecule has 5 nitrogen and oxygen atoms in total. The minimum absolute atomic E-state index is 0.0618. The number of fused-ring (bicyclic) bond motifs is 1. The lowest BCUT2D eigenvalue weighted by molar-refractivity contribution is -0.148. The van der Waals surface area contributed by atoms with Gasteiger partial charge in [0.05, 0.1) is 17.1 Å². The molecule has 0 radical (unpaired) electrons. The first-order valence-electron chi connectivity index (χ1n) is 9.55. The Morgan fingerprint density at radius 3 is 2.27 bits per heavy atom. The molecule has 2 aromatic rings. The molecule has 0 aliphatic heterocycles. The Kier molecular flexibility index (Phi) is 5.99. The molecule has 0 saturated heterocycles. The molecule has 0 atom stereocenters. The van der Waals surface area contributed by atoms with Gasteiger partial charge in [0.1, 0.15) is 6.54 Å². The number of nitrogens with zero attached hydrogens (tertiary/aromatic N) is 2. The lowest BCUT2D eigenvalue weighted by Crippen LogP contribution is -2.36. The number of hydrogen-bond acceptors (Lipinski definition) is 3. The topological polar surface area (TPSA) is 53.2 Å². The van der Waals surface area contributed by atoms with Crippen molar-refractivity contribution in [3.05, 3.63) is 34.2 Å². The van der Waals surface area contributed by atoms with Crippen molar-refractivity contribution in [1.82, 2.24) is 9.13 Å². The number of ether oxygens (including phenoxy) is 1. The highest BCUT2D eigenvalue weighted by Crippen LogP contribution is 2.31. The van der Waals surface area contributed by atoms with Crippen molar-refractivity contribution in [2.75, 3.05) is 0 Å². The van der Waals surface area contributed by atoms with Gasteiger partial charge in [0.25, 0.3) is 0 Å². The minimum Gasteiger partial charge on any atom is -0.462 e. The second-order valence-electron chi connectivity index (χ2n) is 8.14. The van der Waals surface area contributed by atoms with Gasteiger partial charge in [-0.25, -0.2) is 4.79 Å². The standard InChI is InChI=1S/C21H32N2O3/c1-8-15(9-2)16-11-10-12-17-19(16)22(13-18(24)26-14(3)4)20(25)23(17)21(5,6)7/h10-12,14-15H,8-9,13H2,1-7H3. The molecule has 0 spiro atoms. The number of hydrogen-bond donors (Lipinski definition) is 0. The molecule has 26 heavy (non-hydrogen) atoms. The van der Waals surface area contributed by atoms with Crippen LogP contribution in [0.3, 0.4) is 0 Å². The van der Waals surface area contributed by atoms with Crippen LogP contribution in [0.25, 0.3) is 11.0 Å². The Labute approximate surface area is 156 Å². The van der Waals surface area contributed by atoms with Crippen molar-refractivity contribution in [3.63, 3.8) is 0 Å². The van der Waals surface area contributed by atoms with E-state index in [1.165, 1.54) is 0 Å². The molecule has 0 amide bonds. The molecule has 2 rings (SSSR count). The van der Waals surface area contributed by atoms with Gasteiger partial charge in [-0.15, -0.1) is 0 Å². The van der Waals surface area contributed by atoms with Gasteiger partial charge < -0.3 is 4.74 Å². The largest absolute Gasteiger partial charge is 0.462 e. The summed E-state index contributed by atoms with van der Waals surface area (Å²) in [4.78, 5) is 25.5. The maximum absolute atomic E-state index is 13.2. The molecule has 1 heterocycles. The zero-order chi connectivity index (χ0) is 19.6. The van der Waals surface area contributed by atoms with Crippen molar-refractivity contribution >= 4 is 17.0 Å². The minimum atomic E-state index is -0.380. The first-order chi connectivity index (χ1) is 12.1. The molecule has 5 heteroatoms. The average Bonchev–Trinajstić information content (AvgIpc) is 2.80. The van der Waals surface area contributed by atoms with Gasteiger partial charge in [0.15, 0.2) is 0 Å². The highest BCUT2D eigenvalue weighted by Gasteiger charge is 2.26.